The summed E-state index contributed by atoms with van der Waals surface area (Å²) in [4.78, 5) is 26.5. The normalized spacial score (nSPS) is 22.3. The second-order valence-corrected chi connectivity index (χ2v) is 8.40. The van der Waals surface area contributed by atoms with Crippen LogP contribution in [0, 0.1) is 5.41 Å². The van der Waals surface area contributed by atoms with Crippen molar-refractivity contribution in [3.05, 3.63) is 66.6 Å². The quantitative estimate of drug-likeness (QED) is 0.658. The van der Waals surface area contributed by atoms with Crippen molar-refractivity contribution in [2.24, 2.45) is 5.41 Å². The van der Waals surface area contributed by atoms with E-state index >= 15 is 0 Å². The molecule has 2 fully saturated rings. The van der Waals surface area contributed by atoms with Gasteiger partial charge in [-0.05, 0) is 37.1 Å². The number of anilines is 1. The smallest absolute Gasteiger partial charge is 0.272 e. The zero-order valence-corrected chi connectivity index (χ0v) is 17.0. The van der Waals surface area contributed by atoms with E-state index < -0.39 is 0 Å². The fourth-order valence-corrected chi connectivity index (χ4v) is 4.73. The number of piperidine rings is 1. The maximum atomic E-state index is 13.3. The predicted molar refractivity (Wildman–Crippen MR) is 117 cm³/mol. The number of benzene rings is 1. The lowest BCUT2D eigenvalue weighted by Gasteiger charge is -2.43. The first-order valence-corrected chi connectivity index (χ1v) is 10.6. The molecular formula is C24H26N4O2. The van der Waals surface area contributed by atoms with Crippen LogP contribution < -0.4 is 4.90 Å². The molecule has 0 aliphatic carbocycles. The van der Waals surface area contributed by atoms with Gasteiger partial charge in [0.15, 0.2) is 0 Å². The molecule has 30 heavy (non-hydrogen) atoms. The molecule has 6 heteroatoms. The first-order chi connectivity index (χ1) is 14.7. The highest BCUT2D eigenvalue weighted by Gasteiger charge is 2.40. The predicted octanol–water partition coefficient (Wildman–Crippen LogP) is 3.39. The molecule has 1 aromatic carbocycles. The first-order valence-electron chi connectivity index (χ1n) is 10.6. The Morgan fingerprint density at radius 1 is 1.03 bits per heavy atom. The van der Waals surface area contributed by atoms with Crippen LogP contribution in [0.5, 0.6) is 0 Å². The van der Waals surface area contributed by atoms with Crippen molar-refractivity contribution in [2.45, 2.75) is 12.8 Å². The van der Waals surface area contributed by atoms with Crippen LogP contribution in [0.1, 0.15) is 23.3 Å². The van der Waals surface area contributed by atoms with E-state index in [9.17, 15) is 4.79 Å². The average Bonchev–Trinajstić information content (AvgIpc) is 3.01. The molecule has 1 spiro atoms. The number of nitrogens with zero attached hydrogens (tertiary/aromatic N) is 4. The van der Waals surface area contributed by atoms with E-state index in [2.05, 4.69) is 20.9 Å². The number of rotatable bonds is 2. The van der Waals surface area contributed by atoms with Crippen LogP contribution in [0.15, 0.2) is 60.9 Å². The highest BCUT2D eigenvalue weighted by atomic mass is 16.5. The Morgan fingerprint density at radius 2 is 1.97 bits per heavy atom. The van der Waals surface area contributed by atoms with Gasteiger partial charge in [0.05, 0.1) is 30.6 Å². The van der Waals surface area contributed by atoms with Crippen LogP contribution in [0.2, 0.25) is 0 Å². The van der Waals surface area contributed by atoms with E-state index in [1.165, 1.54) is 0 Å². The summed E-state index contributed by atoms with van der Waals surface area (Å²) in [5.41, 5.74) is 2.42. The minimum absolute atomic E-state index is 0.0111. The minimum atomic E-state index is -0.0723. The second kappa shape index (κ2) is 8.03. The van der Waals surface area contributed by atoms with Crippen molar-refractivity contribution < 1.29 is 9.53 Å². The highest BCUT2D eigenvalue weighted by Crippen LogP contribution is 2.35. The number of aromatic nitrogens is 2. The monoisotopic (exact) mass is 402 g/mol. The topological polar surface area (TPSA) is 58.6 Å². The molecule has 5 rings (SSSR count). The van der Waals surface area contributed by atoms with Crippen LogP contribution in [-0.2, 0) is 4.74 Å². The van der Waals surface area contributed by atoms with Crippen molar-refractivity contribution >= 4 is 22.5 Å². The van der Waals surface area contributed by atoms with Crippen LogP contribution >= 0.6 is 0 Å². The molecule has 2 saturated heterocycles. The molecule has 1 amide bonds. The lowest BCUT2D eigenvalue weighted by molar-refractivity contribution is 0.0133. The van der Waals surface area contributed by atoms with Crippen molar-refractivity contribution in [3.63, 3.8) is 0 Å². The molecule has 2 aliphatic heterocycles. The van der Waals surface area contributed by atoms with E-state index in [1.807, 2.05) is 53.6 Å². The number of ether oxygens (including phenoxy) is 1. The lowest BCUT2D eigenvalue weighted by atomic mass is 9.80. The Bertz CT molecular complexity index is 1040. The third-order valence-electron chi connectivity index (χ3n) is 6.22. The van der Waals surface area contributed by atoms with Gasteiger partial charge in [0.2, 0.25) is 0 Å². The number of hydrogen-bond acceptors (Lipinski definition) is 5. The van der Waals surface area contributed by atoms with Crippen LogP contribution in [0.4, 0.5) is 5.69 Å². The molecule has 2 aliphatic rings. The van der Waals surface area contributed by atoms with Gasteiger partial charge in [0.25, 0.3) is 5.91 Å². The minimum Gasteiger partial charge on any atom is -0.379 e. The summed E-state index contributed by atoms with van der Waals surface area (Å²) in [5.74, 6) is 0.0111. The molecule has 4 heterocycles. The van der Waals surface area contributed by atoms with Gasteiger partial charge in [-0.3, -0.25) is 9.78 Å². The molecule has 0 radical (unpaired) electrons. The SMILES string of the molecule is O=C(c1ccc2ccccc2n1)N1CCC[C@@]2(COCCN(c3cccnc3)C2)C1. The zero-order chi connectivity index (χ0) is 20.4. The van der Waals surface area contributed by atoms with Crippen molar-refractivity contribution in [3.8, 4) is 0 Å². The molecule has 0 saturated carbocycles. The number of amides is 1. The number of carbonyl (C=O) groups excluding carboxylic acids is 1. The number of pyridine rings is 2. The van der Waals surface area contributed by atoms with Gasteiger partial charge in [-0.15, -0.1) is 0 Å². The molecular weight excluding hydrogens is 376 g/mol. The van der Waals surface area contributed by atoms with E-state index in [1.54, 1.807) is 6.20 Å². The first kappa shape index (κ1) is 19.0. The summed E-state index contributed by atoms with van der Waals surface area (Å²) in [7, 11) is 0. The molecule has 0 bridgehead atoms. The van der Waals surface area contributed by atoms with E-state index in [4.69, 9.17) is 4.74 Å². The third-order valence-corrected chi connectivity index (χ3v) is 6.22. The fraction of sp³-hybridized carbons (Fsp3) is 0.375. The molecule has 2 aromatic heterocycles. The van der Waals surface area contributed by atoms with Gasteiger partial charge < -0.3 is 14.5 Å². The summed E-state index contributed by atoms with van der Waals surface area (Å²) in [6.07, 6.45) is 5.73. The zero-order valence-electron chi connectivity index (χ0n) is 17.0. The van der Waals surface area contributed by atoms with E-state index in [0.717, 1.165) is 49.1 Å². The van der Waals surface area contributed by atoms with Gasteiger partial charge in [-0.25, -0.2) is 4.98 Å². The Balaban J connectivity index is 1.38. The van der Waals surface area contributed by atoms with Gasteiger partial charge in [-0.1, -0.05) is 24.3 Å². The average molecular weight is 402 g/mol. The van der Waals surface area contributed by atoms with E-state index in [0.29, 0.717) is 25.5 Å². The van der Waals surface area contributed by atoms with E-state index in [-0.39, 0.29) is 11.3 Å². The van der Waals surface area contributed by atoms with Gasteiger partial charge in [-0.2, -0.15) is 0 Å². The van der Waals surface area contributed by atoms with Crippen molar-refractivity contribution in [1.29, 1.82) is 0 Å². The van der Waals surface area contributed by atoms with Gasteiger partial charge >= 0.3 is 0 Å². The third kappa shape index (κ3) is 3.75. The van der Waals surface area contributed by atoms with Crippen LogP contribution in [0.3, 0.4) is 0 Å². The van der Waals surface area contributed by atoms with Crippen molar-refractivity contribution in [2.75, 3.05) is 44.3 Å². The molecule has 1 atom stereocenters. The number of para-hydroxylation sites is 1. The number of likely N-dealkylation sites (tertiary alicyclic amines) is 1. The highest BCUT2D eigenvalue weighted by molar-refractivity contribution is 5.95. The fourth-order valence-electron chi connectivity index (χ4n) is 4.73. The summed E-state index contributed by atoms with van der Waals surface area (Å²) < 4.78 is 6.02. The summed E-state index contributed by atoms with van der Waals surface area (Å²) in [5, 5.41) is 1.05. The van der Waals surface area contributed by atoms with Crippen molar-refractivity contribution in [1.82, 2.24) is 14.9 Å². The summed E-state index contributed by atoms with van der Waals surface area (Å²) in [6.45, 7) is 4.54. The standard InChI is InChI=1S/C24H26N4O2/c29-23(22-9-8-19-5-1-2-7-21(19)26-22)28-12-4-10-24(17-28)16-27(13-14-30-18-24)20-6-3-11-25-15-20/h1-3,5-9,11,15H,4,10,12-14,16-18H2/t24-/m0/s1. The molecule has 154 valence electrons. The molecule has 6 nitrogen and oxygen atoms in total. The Morgan fingerprint density at radius 3 is 2.87 bits per heavy atom. The largest absolute Gasteiger partial charge is 0.379 e. The summed E-state index contributed by atoms with van der Waals surface area (Å²) >= 11 is 0. The van der Waals surface area contributed by atoms with Gasteiger partial charge in [0.1, 0.15) is 5.69 Å². The Kier molecular flexibility index (Phi) is 5.09. The maximum absolute atomic E-state index is 13.3. The lowest BCUT2D eigenvalue weighted by Crippen LogP contribution is -2.52. The second-order valence-electron chi connectivity index (χ2n) is 8.40. The Hall–Kier alpha value is -2.99. The summed E-state index contributed by atoms with van der Waals surface area (Å²) in [6, 6.07) is 15.8. The van der Waals surface area contributed by atoms with Crippen LogP contribution in [-0.4, -0.2) is 60.2 Å². The van der Waals surface area contributed by atoms with Crippen LogP contribution in [0.25, 0.3) is 10.9 Å². The molecule has 0 unspecified atom stereocenters. The Labute approximate surface area is 176 Å². The number of fused-ring (bicyclic) bond motifs is 1. The maximum Gasteiger partial charge on any atom is 0.272 e. The number of hydrogen-bond donors (Lipinski definition) is 0. The number of carbonyl (C=O) groups is 1. The molecule has 0 N–H and O–H groups in total. The molecule has 3 aromatic rings. The van der Waals surface area contributed by atoms with Gasteiger partial charge in [0, 0.05) is 43.2 Å².